The Kier molecular flexibility index (Phi) is 4.67. The highest BCUT2D eigenvalue weighted by atomic mass is 32.2. The fourth-order valence-electron chi connectivity index (χ4n) is 2.38. The van der Waals surface area contributed by atoms with Crippen molar-refractivity contribution >= 4 is 10.0 Å². The Labute approximate surface area is 124 Å². The SMILES string of the molecule is CNCc1cc(S(=O)(=O)NC2(C)CCOC2C)ccc1F. The Morgan fingerprint density at radius 2 is 2.19 bits per heavy atom. The lowest BCUT2D eigenvalue weighted by Crippen LogP contribution is -2.50. The van der Waals surface area contributed by atoms with E-state index in [0.29, 0.717) is 18.6 Å². The molecule has 1 saturated heterocycles. The van der Waals surface area contributed by atoms with Crippen molar-refractivity contribution in [3.8, 4) is 0 Å². The molecule has 0 radical (unpaired) electrons. The van der Waals surface area contributed by atoms with Gasteiger partial charge in [-0.15, -0.1) is 0 Å². The van der Waals surface area contributed by atoms with Crippen molar-refractivity contribution < 1.29 is 17.5 Å². The summed E-state index contributed by atoms with van der Waals surface area (Å²) in [6, 6.07) is 3.82. The number of ether oxygens (including phenoxy) is 1. The molecule has 2 N–H and O–H groups in total. The van der Waals surface area contributed by atoms with Gasteiger partial charge in [-0.3, -0.25) is 0 Å². The van der Waals surface area contributed by atoms with Crippen molar-refractivity contribution in [1.82, 2.24) is 10.0 Å². The zero-order chi connectivity index (χ0) is 15.7. The second-order valence-corrected chi connectivity index (χ2v) is 7.25. The van der Waals surface area contributed by atoms with Crippen molar-refractivity contribution in [2.24, 2.45) is 0 Å². The van der Waals surface area contributed by atoms with Gasteiger partial charge in [0.05, 0.1) is 16.5 Å². The lowest BCUT2D eigenvalue weighted by Gasteiger charge is -2.28. The van der Waals surface area contributed by atoms with Gasteiger partial charge in [-0.05, 0) is 45.5 Å². The quantitative estimate of drug-likeness (QED) is 0.861. The number of rotatable bonds is 5. The van der Waals surface area contributed by atoms with Gasteiger partial charge in [0.15, 0.2) is 0 Å². The molecule has 1 fully saturated rings. The molecule has 0 aliphatic carbocycles. The fraction of sp³-hybridized carbons (Fsp3) is 0.571. The minimum atomic E-state index is -3.72. The van der Waals surface area contributed by atoms with Gasteiger partial charge in [0, 0.05) is 18.7 Å². The summed E-state index contributed by atoms with van der Waals surface area (Å²) in [5.74, 6) is -0.424. The van der Waals surface area contributed by atoms with Gasteiger partial charge in [0.25, 0.3) is 0 Å². The molecule has 5 nitrogen and oxygen atoms in total. The molecule has 0 amide bonds. The zero-order valence-electron chi connectivity index (χ0n) is 12.4. The van der Waals surface area contributed by atoms with Gasteiger partial charge in [0.1, 0.15) is 5.82 Å². The van der Waals surface area contributed by atoms with E-state index in [1.54, 1.807) is 7.05 Å². The van der Waals surface area contributed by atoms with Gasteiger partial charge in [-0.1, -0.05) is 0 Å². The Morgan fingerprint density at radius 1 is 1.48 bits per heavy atom. The van der Waals surface area contributed by atoms with Crippen molar-refractivity contribution in [2.75, 3.05) is 13.7 Å². The molecule has 21 heavy (non-hydrogen) atoms. The number of hydrogen-bond acceptors (Lipinski definition) is 4. The van der Waals surface area contributed by atoms with Crippen molar-refractivity contribution in [1.29, 1.82) is 0 Å². The molecule has 0 aromatic heterocycles. The van der Waals surface area contributed by atoms with E-state index in [9.17, 15) is 12.8 Å². The number of sulfonamides is 1. The standard InChI is InChI=1S/C14H21FN2O3S/c1-10-14(2,6-7-20-10)17-21(18,19)12-4-5-13(15)11(8-12)9-16-3/h4-5,8,10,16-17H,6-7,9H2,1-3H3. The highest BCUT2D eigenvalue weighted by Gasteiger charge is 2.40. The van der Waals surface area contributed by atoms with E-state index >= 15 is 0 Å². The summed E-state index contributed by atoms with van der Waals surface area (Å²) < 4.78 is 46.7. The molecular weight excluding hydrogens is 295 g/mol. The van der Waals surface area contributed by atoms with E-state index in [-0.39, 0.29) is 17.5 Å². The third-order valence-electron chi connectivity index (χ3n) is 3.95. The topological polar surface area (TPSA) is 67.4 Å². The second-order valence-electron chi connectivity index (χ2n) is 5.57. The Balaban J connectivity index is 2.29. The van der Waals surface area contributed by atoms with Crippen molar-refractivity contribution in [3.63, 3.8) is 0 Å². The molecule has 1 aliphatic rings. The van der Waals surface area contributed by atoms with E-state index < -0.39 is 21.4 Å². The number of benzene rings is 1. The second kappa shape index (κ2) is 6.00. The smallest absolute Gasteiger partial charge is 0.241 e. The molecule has 1 heterocycles. The maximum atomic E-state index is 13.6. The summed E-state index contributed by atoms with van der Waals surface area (Å²) in [6.07, 6.45) is 0.405. The minimum absolute atomic E-state index is 0.0643. The highest BCUT2D eigenvalue weighted by Crippen LogP contribution is 2.27. The van der Waals surface area contributed by atoms with Crippen LogP contribution < -0.4 is 10.0 Å². The molecule has 2 atom stereocenters. The number of halogens is 1. The van der Waals surface area contributed by atoms with Gasteiger partial charge < -0.3 is 10.1 Å². The largest absolute Gasteiger partial charge is 0.376 e. The van der Waals surface area contributed by atoms with Crippen molar-refractivity contribution in [2.45, 2.75) is 43.4 Å². The average molecular weight is 316 g/mol. The molecule has 1 aromatic carbocycles. The third kappa shape index (κ3) is 3.42. The highest BCUT2D eigenvalue weighted by molar-refractivity contribution is 7.89. The summed E-state index contributed by atoms with van der Waals surface area (Å²) in [4.78, 5) is 0.0643. The predicted molar refractivity (Wildman–Crippen MR) is 77.9 cm³/mol. The van der Waals surface area contributed by atoms with E-state index in [4.69, 9.17) is 4.74 Å². The lowest BCUT2D eigenvalue weighted by molar-refractivity contribution is 0.0957. The molecule has 118 valence electrons. The van der Waals surface area contributed by atoms with Crippen LogP contribution in [0.3, 0.4) is 0 Å². The van der Waals surface area contributed by atoms with E-state index in [2.05, 4.69) is 10.0 Å². The Hall–Kier alpha value is -1.02. The molecule has 7 heteroatoms. The van der Waals surface area contributed by atoms with Gasteiger partial charge in [-0.2, -0.15) is 0 Å². The summed E-state index contributed by atoms with van der Waals surface area (Å²) in [7, 11) is -2.04. The van der Waals surface area contributed by atoms with E-state index in [1.165, 1.54) is 18.2 Å². The predicted octanol–water partition coefficient (Wildman–Crippen LogP) is 1.39. The molecule has 0 spiro atoms. The molecular formula is C14H21FN2O3S. The average Bonchev–Trinajstić information content (AvgIpc) is 2.71. The minimum Gasteiger partial charge on any atom is -0.376 e. The summed E-state index contributed by atoms with van der Waals surface area (Å²) in [6.45, 7) is 4.45. The molecule has 2 rings (SSSR count). The van der Waals surface area contributed by atoms with Crippen LogP contribution in [-0.2, 0) is 21.3 Å². The molecule has 0 saturated carbocycles. The summed E-state index contributed by atoms with van der Waals surface area (Å²) in [5.41, 5.74) is -0.322. The first-order chi connectivity index (χ1) is 9.78. The fourth-order valence-corrected chi connectivity index (χ4v) is 3.92. The van der Waals surface area contributed by atoms with Gasteiger partial charge in [-0.25, -0.2) is 17.5 Å². The van der Waals surface area contributed by atoms with Crippen LogP contribution >= 0.6 is 0 Å². The maximum Gasteiger partial charge on any atom is 0.241 e. The van der Waals surface area contributed by atoms with Crippen molar-refractivity contribution in [3.05, 3.63) is 29.6 Å². The van der Waals surface area contributed by atoms with Crippen LogP contribution in [0.4, 0.5) is 4.39 Å². The number of nitrogens with one attached hydrogen (secondary N) is 2. The van der Waals surface area contributed by atoms with Crippen LogP contribution in [0.2, 0.25) is 0 Å². The van der Waals surface area contributed by atoms with Crippen LogP contribution in [0.25, 0.3) is 0 Å². The normalized spacial score (nSPS) is 26.2. The lowest BCUT2D eigenvalue weighted by atomic mass is 9.97. The molecule has 2 unspecified atom stereocenters. The van der Waals surface area contributed by atoms with Crippen LogP contribution in [0.15, 0.2) is 23.1 Å². The first-order valence-corrected chi connectivity index (χ1v) is 8.35. The molecule has 1 aliphatic heterocycles. The molecule has 0 bridgehead atoms. The summed E-state index contributed by atoms with van der Waals surface area (Å²) in [5, 5.41) is 2.82. The zero-order valence-corrected chi connectivity index (χ0v) is 13.3. The monoisotopic (exact) mass is 316 g/mol. The Bertz CT molecular complexity index is 621. The van der Waals surface area contributed by atoms with Crippen LogP contribution in [-0.4, -0.2) is 33.7 Å². The maximum absolute atomic E-state index is 13.6. The van der Waals surface area contributed by atoms with E-state index in [1.807, 2.05) is 13.8 Å². The van der Waals surface area contributed by atoms with E-state index in [0.717, 1.165) is 0 Å². The van der Waals surface area contributed by atoms with Gasteiger partial charge in [0.2, 0.25) is 10.0 Å². The molecule has 1 aromatic rings. The van der Waals surface area contributed by atoms with Crippen LogP contribution in [0.5, 0.6) is 0 Å². The van der Waals surface area contributed by atoms with Crippen LogP contribution in [0.1, 0.15) is 25.8 Å². The van der Waals surface area contributed by atoms with Gasteiger partial charge >= 0.3 is 0 Å². The first-order valence-electron chi connectivity index (χ1n) is 6.87. The number of hydrogen-bond donors (Lipinski definition) is 2. The summed E-state index contributed by atoms with van der Waals surface area (Å²) >= 11 is 0. The third-order valence-corrected chi connectivity index (χ3v) is 5.56. The first kappa shape index (κ1) is 16.4. The Morgan fingerprint density at radius 3 is 2.76 bits per heavy atom. The van der Waals surface area contributed by atoms with Crippen LogP contribution in [0, 0.1) is 5.82 Å².